The van der Waals surface area contributed by atoms with E-state index < -0.39 is 5.82 Å². The van der Waals surface area contributed by atoms with Gasteiger partial charge in [-0.05, 0) is 66.6 Å². The summed E-state index contributed by atoms with van der Waals surface area (Å²) in [5.41, 5.74) is 2.58. The second-order valence-electron chi connectivity index (χ2n) is 7.26. The average molecular weight is 422 g/mol. The maximum Gasteiger partial charge on any atom is 0.260 e. The molecule has 1 N–H and O–H groups in total. The summed E-state index contributed by atoms with van der Waals surface area (Å²) < 4.78 is 31.8. The summed E-state index contributed by atoms with van der Waals surface area (Å²) in [7, 11) is 0. The Morgan fingerprint density at radius 3 is 2.35 bits per heavy atom. The first-order chi connectivity index (χ1) is 15.0. The maximum absolute atomic E-state index is 13.1. The smallest absolute Gasteiger partial charge is 0.260 e. The van der Waals surface area contributed by atoms with Gasteiger partial charge in [-0.3, -0.25) is 9.59 Å². The number of hydrogen-bond acceptors (Lipinski definition) is 3. The van der Waals surface area contributed by atoms with Crippen molar-refractivity contribution in [2.75, 3.05) is 18.5 Å². The number of hydrogen-bond donors (Lipinski definition) is 1. The molecule has 0 spiro atoms. The molecule has 0 aliphatic carbocycles. The molecule has 0 saturated heterocycles. The van der Waals surface area contributed by atoms with Crippen molar-refractivity contribution in [3.8, 4) is 5.75 Å². The summed E-state index contributed by atoms with van der Waals surface area (Å²) in [6.45, 7) is 0.715. The van der Waals surface area contributed by atoms with Crippen LogP contribution >= 0.6 is 0 Å². The Bertz CT molecular complexity index is 1100. The van der Waals surface area contributed by atoms with Crippen LogP contribution in [0.5, 0.6) is 5.75 Å². The lowest BCUT2D eigenvalue weighted by Gasteiger charge is -2.20. The van der Waals surface area contributed by atoms with Crippen LogP contribution in [0.15, 0.2) is 66.7 Å². The van der Waals surface area contributed by atoms with Gasteiger partial charge in [0.2, 0.25) is 0 Å². The van der Waals surface area contributed by atoms with E-state index in [0.717, 1.165) is 11.1 Å². The lowest BCUT2D eigenvalue weighted by Crippen LogP contribution is -2.34. The van der Waals surface area contributed by atoms with Crippen molar-refractivity contribution < 1.29 is 23.1 Å². The molecule has 0 fully saturated rings. The van der Waals surface area contributed by atoms with E-state index in [1.54, 1.807) is 35.2 Å². The fraction of sp³-hybridized carbons (Fsp3) is 0.167. The summed E-state index contributed by atoms with van der Waals surface area (Å²) in [4.78, 5) is 26.6. The normalized spacial score (nSPS) is 13.2. The number of benzene rings is 3. The zero-order valence-electron chi connectivity index (χ0n) is 16.6. The van der Waals surface area contributed by atoms with Crippen LogP contribution in [0.1, 0.15) is 21.5 Å². The summed E-state index contributed by atoms with van der Waals surface area (Å²) in [6, 6.07) is 16.6. The van der Waals surface area contributed by atoms with Crippen molar-refractivity contribution in [2.45, 2.75) is 13.0 Å². The molecule has 158 valence electrons. The number of ether oxygens (including phenoxy) is 1. The van der Waals surface area contributed by atoms with Crippen LogP contribution in [0.4, 0.5) is 14.5 Å². The average Bonchev–Trinajstić information content (AvgIpc) is 2.92. The lowest BCUT2D eigenvalue weighted by molar-refractivity contribution is -0.133. The van der Waals surface area contributed by atoms with E-state index in [2.05, 4.69) is 5.32 Å². The Hall–Kier alpha value is -3.74. The number of carbonyl (C=O) groups excluding carboxylic acids is 2. The molecule has 2 amide bonds. The van der Waals surface area contributed by atoms with E-state index in [4.69, 9.17) is 4.74 Å². The van der Waals surface area contributed by atoms with Crippen LogP contribution < -0.4 is 10.1 Å². The first kappa shape index (κ1) is 20.5. The molecule has 0 bridgehead atoms. The highest BCUT2D eigenvalue weighted by molar-refractivity contribution is 6.04. The van der Waals surface area contributed by atoms with Crippen molar-refractivity contribution in [3.63, 3.8) is 0 Å². The van der Waals surface area contributed by atoms with Gasteiger partial charge < -0.3 is 15.0 Å². The van der Waals surface area contributed by atoms with Crippen LogP contribution in [-0.4, -0.2) is 29.9 Å². The molecule has 0 atom stereocenters. The predicted molar refractivity (Wildman–Crippen MR) is 112 cm³/mol. The number of rotatable bonds is 5. The van der Waals surface area contributed by atoms with Crippen molar-refractivity contribution in [1.29, 1.82) is 0 Å². The van der Waals surface area contributed by atoms with Gasteiger partial charge in [0.05, 0.1) is 0 Å². The molecule has 7 heteroatoms. The van der Waals surface area contributed by atoms with Crippen LogP contribution in [0.2, 0.25) is 0 Å². The standard InChI is InChI=1S/C24H20F2N2O3/c25-19-5-1-16(2-6-19)11-12-28-14-18-13-21(9-10-22(18)31-15-23(28)29)27-24(30)17-3-7-20(26)8-4-17/h1-10,13H,11-12,14-15H2,(H,27,30). The van der Waals surface area contributed by atoms with E-state index >= 15 is 0 Å². The second-order valence-corrected chi connectivity index (χ2v) is 7.26. The molecule has 4 rings (SSSR count). The molecule has 1 heterocycles. The first-order valence-electron chi connectivity index (χ1n) is 9.83. The van der Waals surface area contributed by atoms with E-state index in [0.29, 0.717) is 36.5 Å². The van der Waals surface area contributed by atoms with Crippen molar-refractivity contribution >= 4 is 17.5 Å². The van der Waals surface area contributed by atoms with Crippen molar-refractivity contribution in [1.82, 2.24) is 4.90 Å². The fourth-order valence-electron chi connectivity index (χ4n) is 3.37. The van der Waals surface area contributed by atoms with Gasteiger partial charge in [-0.2, -0.15) is 0 Å². The number of halogens is 2. The predicted octanol–water partition coefficient (Wildman–Crippen LogP) is 4.18. The van der Waals surface area contributed by atoms with Crippen molar-refractivity contribution in [3.05, 3.63) is 95.1 Å². The Balaban J connectivity index is 1.46. The summed E-state index contributed by atoms with van der Waals surface area (Å²) in [6.07, 6.45) is 0.586. The van der Waals surface area contributed by atoms with Gasteiger partial charge in [-0.15, -0.1) is 0 Å². The molecular weight excluding hydrogens is 402 g/mol. The molecule has 1 aliphatic rings. The van der Waals surface area contributed by atoms with Gasteiger partial charge in [0, 0.05) is 29.9 Å². The number of fused-ring (bicyclic) bond motifs is 1. The molecule has 31 heavy (non-hydrogen) atoms. The Morgan fingerprint density at radius 1 is 0.968 bits per heavy atom. The highest BCUT2D eigenvalue weighted by atomic mass is 19.1. The Morgan fingerprint density at radius 2 is 1.65 bits per heavy atom. The van der Waals surface area contributed by atoms with Crippen LogP contribution in [0.3, 0.4) is 0 Å². The quantitative estimate of drug-likeness (QED) is 0.671. The minimum Gasteiger partial charge on any atom is -0.483 e. The van der Waals surface area contributed by atoms with E-state index in [1.165, 1.54) is 36.4 Å². The van der Waals surface area contributed by atoms with Crippen molar-refractivity contribution in [2.24, 2.45) is 0 Å². The van der Waals surface area contributed by atoms with Gasteiger partial charge in [0.1, 0.15) is 17.4 Å². The molecule has 0 aromatic heterocycles. The molecule has 0 unspecified atom stereocenters. The molecular formula is C24H20F2N2O3. The molecule has 0 radical (unpaired) electrons. The second kappa shape index (κ2) is 8.95. The summed E-state index contributed by atoms with van der Waals surface area (Å²) >= 11 is 0. The number of amides is 2. The lowest BCUT2D eigenvalue weighted by atomic mass is 10.1. The minimum absolute atomic E-state index is 0.0717. The monoisotopic (exact) mass is 422 g/mol. The van der Waals surface area contributed by atoms with E-state index in [-0.39, 0.29) is 24.2 Å². The number of nitrogens with zero attached hydrogens (tertiary/aromatic N) is 1. The summed E-state index contributed by atoms with van der Waals surface area (Å²) in [5.74, 6) is -0.636. The first-order valence-corrected chi connectivity index (χ1v) is 9.83. The highest BCUT2D eigenvalue weighted by Gasteiger charge is 2.22. The third kappa shape index (κ3) is 5.06. The number of carbonyl (C=O) groups is 2. The maximum atomic E-state index is 13.1. The largest absolute Gasteiger partial charge is 0.483 e. The fourth-order valence-corrected chi connectivity index (χ4v) is 3.37. The SMILES string of the molecule is O=C(Nc1ccc2c(c1)CN(CCc1ccc(F)cc1)C(=O)CO2)c1ccc(F)cc1. The van der Waals surface area contributed by atoms with E-state index in [9.17, 15) is 18.4 Å². The van der Waals surface area contributed by atoms with Gasteiger partial charge in [0.25, 0.3) is 11.8 Å². The minimum atomic E-state index is -0.413. The zero-order chi connectivity index (χ0) is 21.8. The van der Waals surface area contributed by atoms with Crippen LogP contribution in [-0.2, 0) is 17.8 Å². The third-order valence-electron chi connectivity index (χ3n) is 5.07. The Kier molecular flexibility index (Phi) is 5.93. The van der Waals surface area contributed by atoms with Crippen LogP contribution in [0, 0.1) is 11.6 Å². The molecule has 0 saturated carbocycles. The third-order valence-corrected chi connectivity index (χ3v) is 5.07. The summed E-state index contributed by atoms with van der Waals surface area (Å²) in [5, 5.41) is 2.78. The Labute approximate surface area is 178 Å². The van der Waals surface area contributed by atoms with E-state index in [1.807, 2.05) is 0 Å². The van der Waals surface area contributed by atoms with Crippen LogP contribution in [0.25, 0.3) is 0 Å². The number of nitrogens with one attached hydrogen (secondary N) is 1. The van der Waals surface area contributed by atoms with Gasteiger partial charge in [0.15, 0.2) is 6.61 Å². The van der Waals surface area contributed by atoms with Gasteiger partial charge in [-0.25, -0.2) is 8.78 Å². The number of anilines is 1. The van der Waals surface area contributed by atoms with Gasteiger partial charge in [-0.1, -0.05) is 12.1 Å². The molecule has 3 aromatic carbocycles. The molecule has 5 nitrogen and oxygen atoms in total. The zero-order valence-corrected chi connectivity index (χ0v) is 16.6. The topological polar surface area (TPSA) is 58.6 Å². The molecule has 3 aromatic rings. The molecule has 1 aliphatic heterocycles. The van der Waals surface area contributed by atoms with Gasteiger partial charge >= 0.3 is 0 Å². The highest BCUT2D eigenvalue weighted by Crippen LogP contribution is 2.27.